The zero-order valence-electron chi connectivity index (χ0n) is 12.0. The Morgan fingerprint density at radius 2 is 1.89 bits per heavy atom. The van der Waals surface area contributed by atoms with Crippen molar-refractivity contribution < 1.29 is 9.53 Å². The van der Waals surface area contributed by atoms with Gasteiger partial charge in [-0.2, -0.15) is 0 Å². The highest BCUT2D eigenvalue weighted by molar-refractivity contribution is 5.69. The number of carbonyl (C=O) groups is 1. The largest absolute Gasteiger partial charge is 0.444 e. The van der Waals surface area contributed by atoms with Gasteiger partial charge in [-0.1, -0.05) is 12.1 Å². The molecule has 1 aliphatic rings. The summed E-state index contributed by atoms with van der Waals surface area (Å²) >= 11 is 0. The highest BCUT2D eigenvalue weighted by Gasteiger charge is 2.40. The van der Waals surface area contributed by atoms with Crippen LogP contribution in [0.3, 0.4) is 0 Å². The molecule has 4 nitrogen and oxygen atoms in total. The Labute approximate surface area is 114 Å². The average molecular weight is 262 g/mol. The third kappa shape index (κ3) is 3.88. The summed E-state index contributed by atoms with van der Waals surface area (Å²) < 4.78 is 5.25. The second-order valence-electron chi connectivity index (χ2n) is 5.97. The Bertz CT molecular complexity index is 448. The van der Waals surface area contributed by atoms with E-state index in [1.165, 1.54) is 5.56 Å². The topological polar surface area (TPSA) is 50.4 Å². The number of ether oxygens (including phenoxy) is 1. The van der Waals surface area contributed by atoms with Crippen molar-refractivity contribution in [3.8, 4) is 0 Å². The van der Waals surface area contributed by atoms with Gasteiger partial charge in [-0.05, 0) is 44.9 Å². The number of hydrogen-bond acceptors (Lipinski definition) is 3. The van der Waals surface area contributed by atoms with Crippen molar-refractivity contribution in [1.29, 1.82) is 0 Å². The first kappa shape index (κ1) is 13.7. The van der Waals surface area contributed by atoms with Crippen LogP contribution in [0, 0.1) is 0 Å². The molecule has 4 heteroatoms. The van der Waals surface area contributed by atoms with Gasteiger partial charge < -0.3 is 15.4 Å². The van der Waals surface area contributed by atoms with E-state index in [-0.39, 0.29) is 12.1 Å². The van der Waals surface area contributed by atoms with Crippen LogP contribution in [0.2, 0.25) is 0 Å². The van der Waals surface area contributed by atoms with E-state index >= 15 is 0 Å². The Morgan fingerprint density at radius 1 is 1.26 bits per heavy atom. The van der Waals surface area contributed by atoms with Crippen LogP contribution < -0.4 is 10.6 Å². The lowest BCUT2D eigenvalue weighted by Crippen LogP contribution is -2.34. The van der Waals surface area contributed by atoms with E-state index in [2.05, 4.69) is 34.9 Å². The molecule has 1 fully saturated rings. The number of hydrogen-bond donors (Lipinski definition) is 2. The van der Waals surface area contributed by atoms with E-state index in [1.54, 1.807) is 0 Å². The lowest BCUT2D eigenvalue weighted by molar-refractivity contribution is 0.0523. The second-order valence-corrected chi connectivity index (χ2v) is 5.97. The molecule has 2 rings (SSSR count). The van der Waals surface area contributed by atoms with Gasteiger partial charge in [0.1, 0.15) is 5.60 Å². The van der Waals surface area contributed by atoms with Crippen molar-refractivity contribution in [2.75, 3.05) is 12.4 Å². The standard InChI is InChI=1S/C15H22N2O2/c1-15(2,3)19-14(18)17-13-9-12(13)10-5-7-11(16-4)8-6-10/h5-8,12-13,16H,9H2,1-4H3,(H,17,18)/t12-,13+/m0/s1. The van der Waals surface area contributed by atoms with Crippen LogP contribution in [0.25, 0.3) is 0 Å². The van der Waals surface area contributed by atoms with Crippen molar-refractivity contribution in [3.63, 3.8) is 0 Å². The third-order valence-corrected chi connectivity index (χ3v) is 3.12. The molecule has 0 unspecified atom stereocenters. The van der Waals surface area contributed by atoms with Crippen LogP contribution in [-0.4, -0.2) is 24.8 Å². The second kappa shape index (κ2) is 5.11. The maximum Gasteiger partial charge on any atom is 0.407 e. The van der Waals surface area contributed by atoms with E-state index in [1.807, 2.05) is 27.8 Å². The minimum atomic E-state index is -0.442. The molecular weight excluding hydrogens is 240 g/mol. The van der Waals surface area contributed by atoms with Crippen LogP contribution in [0.1, 0.15) is 38.7 Å². The SMILES string of the molecule is CNc1ccc([C@@H]2C[C@H]2NC(=O)OC(C)(C)C)cc1. The van der Waals surface area contributed by atoms with Crippen molar-refractivity contribution in [2.45, 2.75) is 44.8 Å². The molecule has 1 saturated carbocycles. The fourth-order valence-electron chi connectivity index (χ4n) is 2.08. The van der Waals surface area contributed by atoms with Crippen LogP contribution in [0.15, 0.2) is 24.3 Å². The average Bonchev–Trinajstić information content (AvgIpc) is 3.06. The molecule has 0 heterocycles. The zero-order chi connectivity index (χ0) is 14.0. The van der Waals surface area contributed by atoms with E-state index < -0.39 is 5.60 Å². The Morgan fingerprint density at radius 3 is 2.42 bits per heavy atom. The molecule has 1 amide bonds. The number of alkyl carbamates (subject to hydrolysis) is 1. The molecule has 1 aromatic rings. The van der Waals surface area contributed by atoms with E-state index in [9.17, 15) is 4.79 Å². The minimum Gasteiger partial charge on any atom is -0.444 e. The smallest absolute Gasteiger partial charge is 0.407 e. The lowest BCUT2D eigenvalue weighted by atomic mass is 10.1. The van der Waals surface area contributed by atoms with E-state index in [0.29, 0.717) is 5.92 Å². The Hall–Kier alpha value is -1.71. The van der Waals surface area contributed by atoms with Crippen LogP contribution in [0.4, 0.5) is 10.5 Å². The summed E-state index contributed by atoms with van der Waals surface area (Å²) in [7, 11) is 1.90. The number of anilines is 1. The van der Waals surface area contributed by atoms with E-state index in [4.69, 9.17) is 4.74 Å². The highest BCUT2D eigenvalue weighted by Crippen LogP contribution is 2.41. The molecule has 19 heavy (non-hydrogen) atoms. The van der Waals surface area contributed by atoms with Gasteiger partial charge in [-0.25, -0.2) is 4.79 Å². The van der Waals surface area contributed by atoms with Crippen LogP contribution in [-0.2, 0) is 4.74 Å². The normalized spacial score (nSPS) is 21.7. The summed E-state index contributed by atoms with van der Waals surface area (Å²) in [6.45, 7) is 5.61. The molecule has 2 atom stereocenters. The maximum atomic E-state index is 11.6. The molecule has 0 radical (unpaired) electrons. The van der Waals surface area contributed by atoms with Gasteiger partial charge in [-0.15, -0.1) is 0 Å². The molecule has 0 aromatic heterocycles. The molecule has 0 bridgehead atoms. The zero-order valence-corrected chi connectivity index (χ0v) is 12.0. The predicted octanol–water partition coefficient (Wildman–Crippen LogP) is 3.11. The van der Waals surface area contributed by atoms with Crippen LogP contribution in [0.5, 0.6) is 0 Å². The molecule has 0 saturated heterocycles. The number of benzene rings is 1. The monoisotopic (exact) mass is 262 g/mol. The molecule has 0 aliphatic heterocycles. The fraction of sp³-hybridized carbons (Fsp3) is 0.533. The summed E-state index contributed by atoms with van der Waals surface area (Å²) in [5.74, 6) is 0.415. The number of nitrogens with one attached hydrogen (secondary N) is 2. The molecule has 2 N–H and O–H groups in total. The maximum absolute atomic E-state index is 11.6. The van der Waals surface area contributed by atoms with Crippen molar-refractivity contribution in [1.82, 2.24) is 5.32 Å². The first-order chi connectivity index (χ1) is 8.89. The first-order valence-corrected chi connectivity index (χ1v) is 6.66. The highest BCUT2D eigenvalue weighted by atomic mass is 16.6. The summed E-state index contributed by atoms with van der Waals surface area (Å²) in [6.07, 6.45) is 0.657. The van der Waals surface area contributed by atoms with Gasteiger partial charge in [0, 0.05) is 24.7 Å². The van der Waals surface area contributed by atoms with Gasteiger partial charge in [0.25, 0.3) is 0 Å². The summed E-state index contributed by atoms with van der Waals surface area (Å²) in [4.78, 5) is 11.6. The number of amides is 1. The molecule has 104 valence electrons. The van der Waals surface area contributed by atoms with E-state index in [0.717, 1.165) is 12.1 Å². The van der Waals surface area contributed by atoms with Crippen molar-refractivity contribution in [2.24, 2.45) is 0 Å². The van der Waals surface area contributed by atoms with Gasteiger partial charge in [-0.3, -0.25) is 0 Å². The molecular formula is C15H22N2O2. The fourth-order valence-corrected chi connectivity index (χ4v) is 2.08. The third-order valence-electron chi connectivity index (χ3n) is 3.12. The molecule has 1 aromatic carbocycles. The quantitative estimate of drug-likeness (QED) is 0.880. The number of rotatable bonds is 3. The predicted molar refractivity (Wildman–Crippen MR) is 76.5 cm³/mol. The first-order valence-electron chi connectivity index (χ1n) is 6.66. The Kier molecular flexibility index (Phi) is 3.69. The minimum absolute atomic E-state index is 0.204. The van der Waals surface area contributed by atoms with Gasteiger partial charge in [0.05, 0.1) is 0 Å². The Balaban J connectivity index is 1.85. The van der Waals surface area contributed by atoms with Crippen molar-refractivity contribution >= 4 is 11.8 Å². The molecule has 1 aliphatic carbocycles. The van der Waals surface area contributed by atoms with Gasteiger partial charge in [0.2, 0.25) is 0 Å². The van der Waals surface area contributed by atoms with Gasteiger partial charge in [0.15, 0.2) is 0 Å². The lowest BCUT2D eigenvalue weighted by Gasteiger charge is -2.19. The van der Waals surface area contributed by atoms with Gasteiger partial charge >= 0.3 is 6.09 Å². The summed E-state index contributed by atoms with van der Waals surface area (Å²) in [5, 5.41) is 6.00. The van der Waals surface area contributed by atoms with Crippen molar-refractivity contribution in [3.05, 3.63) is 29.8 Å². The number of carbonyl (C=O) groups excluding carboxylic acids is 1. The molecule has 0 spiro atoms. The van der Waals surface area contributed by atoms with Crippen LogP contribution >= 0.6 is 0 Å². The summed E-state index contributed by atoms with van der Waals surface area (Å²) in [5.41, 5.74) is 1.92. The summed E-state index contributed by atoms with van der Waals surface area (Å²) in [6, 6.07) is 8.52.